The van der Waals surface area contributed by atoms with Gasteiger partial charge in [0, 0.05) is 28.9 Å². The summed E-state index contributed by atoms with van der Waals surface area (Å²) in [6.45, 7) is 2.99. The van der Waals surface area contributed by atoms with E-state index in [9.17, 15) is 4.79 Å². The number of nitrogens with two attached hydrogens (primary N) is 1. The van der Waals surface area contributed by atoms with Crippen LogP contribution in [0.1, 0.15) is 50.7 Å². The average Bonchev–Trinajstić information content (AvgIpc) is 3.25. The third kappa shape index (κ3) is 3.06. The van der Waals surface area contributed by atoms with Crippen molar-refractivity contribution in [2.45, 2.75) is 38.8 Å². The van der Waals surface area contributed by atoms with Crippen LogP contribution >= 0.6 is 11.3 Å². The van der Waals surface area contributed by atoms with E-state index in [4.69, 9.17) is 5.73 Å². The topological polar surface area (TPSA) is 82.8 Å². The molecule has 5 heteroatoms. The SMILES string of the molecule is Cc1cc(C(=O)NCc2c(C3CC3)ccc([NH3+])c2CN)cs1. The number of amides is 1. The summed E-state index contributed by atoms with van der Waals surface area (Å²) in [5.74, 6) is 0.602. The van der Waals surface area contributed by atoms with Crippen molar-refractivity contribution >= 4 is 22.9 Å². The van der Waals surface area contributed by atoms with E-state index in [0.29, 0.717) is 19.0 Å². The molecule has 4 nitrogen and oxygen atoms in total. The molecule has 3 rings (SSSR count). The normalized spacial score (nSPS) is 14.1. The summed E-state index contributed by atoms with van der Waals surface area (Å²) in [4.78, 5) is 13.4. The van der Waals surface area contributed by atoms with Gasteiger partial charge >= 0.3 is 0 Å². The van der Waals surface area contributed by atoms with Crippen LogP contribution in [-0.4, -0.2) is 5.91 Å². The first-order chi connectivity index (χ1) is 10.6. The number of aryl methyl sites for hydroxylation is 1. The van der Waals surface area contributed by atoms with Crippen LogP contribution in [-0.2, 0) is 13.1 Å². The van der Waals surface area contributed by atoms with Crippen molar-refractivity contribution in [1.29, 1.82) is 0 Å². The Hall–Kier alpha value is -1.69. The number of thiophene rings is 1. The highest BCUT2D eigenvalue weighted by Gasteiger charge is 2.28. The molecule has 1 saturated carbocycles. The standard InChI is InChI=1S/C17H21N3OS/c1-10-6-12(9-22-10)17(21)20-8-15-13(11-2-3-11)4-5-16(19)14(15)7-18/h4-6,9,11H,2-3,7-8,18-19H2,1H3,(H,20,21)/p+1. The van der Waals surface area contributed by atoms with E-state index < -0.39 is 0 Å². The van der Waals surface area contributed by atoms with Gasteiger partial charge in [-0.15, -0.1) is 11.3 Å². The molecular formula is C17H22N3OS+. The molecule has 0 unspecified atom stereocenters. The van der Waals surface area contributed by atoms with Crippen molar-refractivity contribution in [3.05, 3.63) is 50.7 Å². The summed E-state index contributed by atoms with van der Waals surface area (Å²) in [5.41, 5.74) is 15.2. The number of carbonyl (C=O) groups is 1. The molecule has 0 bridgehead atoms. The lowest BCUT2D eigenvalue weighted by Crippen LogP contribution is -2.42. The fourth-order valence-corrected chi connectivity index (χ4v) is 3.52. The number of hydrogen-bond acceptors (Lipinski definition) is 3. The molecule has 22 heavy (non-hydrogen) atoms. The van der Waals surface area contributed by atoms with Gasteiger partial charge in [-0.3, -0.25) is 4.79 Å². The summed E-state index contributed by atoms with van der Waals surface area (Å²) in [7, 11) is 0. The van der Waals surface area contributed by atoms with Gasteiger partial charge < -0.3 is 16.8 Å². The van der Waals surface area contributed by atoms with Crippen molar-refractivity contribution in [3.8, 4) is 0 Å². The zero-order chi connectivity index (χ0) is 15.7. The molecule has 116 valence electrons. The number of quaternary nitrogens is 1. The van der Waals surface area contributed by atoms with Gasteiger partial charge in [-0.1, -0.05) is 6.07 Å². The van der Waals surface area contributed by atoms with E-state index >= 15 is 0 Å². The molecule has 1 fully saturated rings. The molecule has 0 radical (unpaired) electrons. The Labute approximate surface area is 134 Å². The maximum absolute atomic E-state index is 12.3. The number of hydrogen-bond donors (Lipinski definition) is 3. The quantitative estimate of drug-likeness (QED) is 0.790. The van der Waals surface area contributed by atoms with Crippen LogP contribution in [0.2, 0.25) is 0 Å². The van der Waals surface area contributed by atoms with Gasteiger partial charge in [-0.05, 0) is 48.9 Å². The molecule has 1 aromatic heterocycles. The first-order valence-electron chi connectivity index (χ1n) is 7.60. The van der Waals surface area contributed by atoms with E-state index in [2.05, 4.69) is 17.1 Å². The van der Waals surface area contributed by atoms with Crippen LogP contribution in [0.3, 0.4) is 0 Å². The van der Waals surface area contributed by atoms with Crippen LogP contribution in [0.5, 0.6) is 0 Å². The fourth-order valence-electron chi connectivity index (χ4n) is 2.83. The summed E-state index contributed by atoms with van der Waals surface area (Å²) < 4.78 is 0. The minimum absolute atomic E-state index is 0.0245. The first kappa shape index (κ1) is 15.2. The molecule has 0 aliphatic heterocycles. The third-order valence-corrected chi connectivity index (χ3v) is 5.07. The van der Waals surface area contributed by atoms with Crippen LogP contribution in [0, 0.1) is 6.92 Å². The molecule has 0 spiro atoms. The molecule has 0 atom stereocenters. The van der Waals surface area contributed by atoms with Gasteiger partial charge in [0.2, 0.25) is 0 Å². The van der Waals surface area contributed by atoms with E-state index in [0.717, 1.165) is 27.3 Å². The minimum atomic E-state index is -0.0245. The maximum Gasteiger partial charge on any atom is 0.252 e. The molecule has 6 N–H and O–H groups in total. The van der Waals surface area contributed by atoms with Crippen LogP contribution in [0.4, 0.5) is 5.69 Å². The Bertz CT molecular complexity index is 704. The smallest absolute Gasteiger partial charge is 0.252 e. The first-order valence-corrected chi connectivity index (χ1v) is 8.48. The molecule has 1 aliphatic carbocycles. The molecule has 1 heterocycles. The summed E-state index contributed by atoms with van der Waals surface area (Å²) in [6.07, 6.45) is 2.45. The second kappa shape index (κ2) is 6.20. The highest BCUT2D eigenvalue weighted by atomic mass is 32.1. The molecule has 1 aromatic carbocycles. The average molecular weight is 316 g/mol. The maximum atomic E-state index is 12.3. The van der Waals surface area contributed by atoms with Gasteiger partial charge in [-0.25, -0.2) is 0 Å². The zero-order valence-corrected chi connectivity index (χ0v) is 13.6. The number of nitrogens with one attached hydrogen (secondary N) is 1. The number of benzene rings is 1. The van der Waals surface area contributed by atoms with Crippen LogP contribution < -0.4 is 16.8 Å². The summed E-state index contributed by atoms with van der Waals surface area (Å²) >= 11 is 1.59. The van der Waals surface area contributed by atoms with Crippen molar-refractivity contribution in [2.75, 3.05) is 0 Å². The second-order valence-corrected chi connectivity index (χ2v) is 6.99. The van der Waals surface area contributed by atoms with Crippen LogP contribution in [0.15, 0.2) is 23.6 Å². The van der Waals surface area contributed by atoms with E-state index in [1.165, 1.54) is 18.4 Å². The Morgan fingerprint density at radius 3 is 2.77 bits per heavy atom. The van der Waals surface area contributed by atoms with Gasteiger partial charge in [0.1, 0.15) is 5.69 Å². The number of rotatable bonds is 5. The predicted molar refractivity (Wildman–Crippen MR) is 89.1 cm³/mol. The fraction of sp³-hybridized carbons (Fsp3) is 0.353. The van der Waals surface area contributed by atoms with Crippen molar-refractivity contribution in [2.24, 2.45) is 5.73 Å². The van der Waals surface area contributed by atoms with Crippen LogP contribution in [0.25, 0.3) is 0 Å². The molecule has 0 saturated heterocycles. The van der Waals surface area contributed by atoms with Gasteiger partial charge in [0.15, 0.2) is 0 Å². The molecular weight excluding hydrogens is 294 g/mol. The van der Waals surface area contributed by atoms with Gasteiger partial charge in [0.25, 0.3) is 5.91 Å². The summed E-state index contributed by atoms with van der Waals surface area (Å²) in [5, 5.41) is 4.93. The monoisotopic (exact) mass is 316 g/mol. The third-order valence-electron chi connectivity index (χ3n) is 4.20. The van der Waals surface area contributed by atoms with Crippen molar-refractivity contribution in [3.63, 3.8) is 0 Å². The van der Waals surface area contributed by atoms with Gasteiger partial charge in [0.05, 0.1) is 5.56 Å². The van der Waals surface area contributed by atoms with Crippen molar-refractivity contribution < 1.29 is 10.5 Å². The highest BCUT2D eigenvalue weighted by Crippen LogP contribution is 2.43. The zero-order valence-electron chi connectivity index (χ0n) is 12.8. The highest BCUT2D eigenvalue weighted by molar-refractivity contribution is 7.10. The van der Waals surface area contributed by atoms with E-state index in [-0.39, 0.29) is 5.91 Å². The van der Waals surface area contributed by atoms with E-state index in [1.807, 2.05) is 24.4 Å². The Kier molecular flexibility index (Phi) is 4.29. The lowest BCUT2D eigenvalue weighted by Gasteiger charge is -2.15. The Balaban J connectivity index is 1.82. The number of carbonyl (C=O) groups excluding carboxylic acids is 1. The van der Waals surface area contributed by atoms with Gasteiger partial charge in [-0.2, -0.15) is 0 Å². The van der Waals surface area contributed by atoms with Crippen molar-refractivity contribution in [1.82, 2.24) is 5.32 Å². The van der Waals surface area contributed by atoms with E-state index in [1.54, 1.807) is 11.3 Å². The summed E-state index contributed by atoms with van der Waals surface area (Å²) in [6, 6.07) is 6.11. The molecule has 1 aliphatic rings. The molecule has 2 aromatic rings. The lowest BCUT2D eigenvalue weighted by molar-refractivity contribution is -0.255. The lowest BCUT2D eigenvalue weighted by atomic mass is 9.96. The predicted octanol–water partition coefficient (Wildman–Crippen LogP) is 2.20. The second-order valence-electron chi connectivity index (χ2n) is 5.88. The Morgan fingerprint density at radius 1 is 1.41 bits per heavy atom. The minimum Gasteiger partial charge on any atom is -0.348 e. The Morgan fingerprint density at radius 2 is 2.18 bits per heavy atom. The largest absolute Gasteiger partial charge is 0.348 e. The molecule has 1 amide bonds.